The van der Waals surface area contributed by atoms with Crippen molar-refractivity contribution in [3.63, 3.8) is 0 Å². The molecule has 5 heteroatoms. The third-order valence-electron chi connectivity index (χ3n) is 1.68. The van der Waals surface area contributed by atoms with Gasteiger partial charge in [-0.25, -0.2) is 0 Å². The third-order valence-corrected chi connectivity index (χ3v) is 2.17. The summed E-state index contributed by atoms with van der Waals surface area (Å²) in [6, 6.07) is 5.22. The van der Waals surface area contributed by atoms with Crippen LogP contribution in [0, 0.1) is 0 Å². The van der Waals surface area contributed by atoms with Crippen molar-refractivity contribution >= 4 is 27.6 Å². The summed E-state index contributed by atoms with van der Waals surface area (Å²) in [4.78, 5) is 10.5. The molecule has 0 spiro atoms. The van der Waals surface area contributed by atoms with E-state index in [4.69, 9.17) is 10.2 Å². The molecule has 0 aliphatic heterocycles. The van der Waals surface area contributed by atoms with Crippen LogP contribution in [0.2, 0.25) is 0 Å². The maximum absolute atomic E-state index is 10.5. The molecule has 0 fully saturated rings. The molecule has 0 aliphatic carbocycles. The van der Waals surface area contributed by atoms with Crippen molar-refractivity contribution < 1.29 is 15.0 Å². The molecule has 0 saturated carbocycles. The maximum Gasteiger partial charge on any atom is 0.307 e. The lowest BCUT2D eigenvalue weighted by Crippen LogP contribution is -2.07. The standard InChI is InChI=1S/C9H10BrNO3/c10-7-1-2-8(11-5-12)6(3-7)4-9(13)14/h1-3,11-12H,4-5H2,(H,13,14). The first kappa shape index (κ1) is 11.0. The molecule has 0 amide bonds. The molecule has 4 nitrogen and oxygen atoms in total. The van der Waals surface area contributed by atoms with Crippen molar-refractivity contribution in [2.75, 3.05) is 12.0 Å². The van der Waals surface area contributed by atoms with Crippen LogP contribution in [0.25, 0.3) is 0 Å². The Morgan fingerprint density at radius 2 is 2.21 bits per heavy atom. The number of aliphatic hydroxyl groups excluding tert-OH is 1. The minimum absolute atomic E-state index is 0.0677. The fraction of sp³-hybridized carbons (Fsp3) is 0.222. The molecule has 0 saturated heterocycles. The molecular weight excluding hydrogens is 250 g/mol. The van der Waals surface area contributed by atoms with E-state index in [2.05, 4.69) is 21.2 Å². The lowest BCUT2D eigenvalue weighted by atomic mass is 10.1. The number of rotatable bonds is 4. The number of carboxylic acid groups (broad SMARTS) is 1. The number of nitrogens with one attached hydrogen (secondary N) is 1. The second-order valence-electron chi connectivity index (χ2n) is 2.71. The van der Waals surface area contributed by atoms with E-state index < -0.39 is 5.97 Å². The Hall–Kier alpha value is -1.07. The first-order chi connectivity index (χ1) is 6.63. The van der Waals surface area contributed by atoms with Gasteiger partial charge in [-0.3, -0.25) is 4.79 Å². The fourth-order valence-electron chi connectivity index (χ4n) is 1.13. The number of benzene rings is 1. The fourth-order valence-corrected chi connectivity index (χ4v) is 1.54. The normalized spacial score (nSPS) is 9.86. The van der Waals surface area contributed by atoms with Gasteiger partial charge < -0.3 is 15.5 Å². The minimum Gasteiger partial charge on any atom is -0.481 e. The maximum atomic E-state index is 10.5. The van der Waals surface area contributed by atoms with Crippen LogP contribution in [0.15, 0.2) is 22.7 Å². The molecule has 1 aromatic carbocycles. The summed E-state index contributed by atoms with van der Waals surface area (Å²) < 4.78 is 0.817. The first-order valence-corrected chi connectivity index (χ1v) is 4.77. The van der Waals surface area contributed by atoms with E-state index >= 15 is 0 Å². The van der Waals surface area contributed by atoms with Crippen LogP contribution in [0.5, 0.6) is 0 Å². The predicted molar refractivity (Wildman–Crippen MR) is 56.2 cm³/mol. The Morgan fingerprint density at radius 3 is 2.79 bits per heavy atom. The van der Waals surface area contributed by atoms with Crippen LogP contribution >= 0.6 is 15.9 Å². The SMILES string of the molecule is O=C(O)Cc1cc(Br)ccc1NCO. The minimum atomic E-state index is -0.899. The highest BCUT2D eigenvalue weighted by Gasteiger charge is 2.06. The Bertz CT molecular complexity index is 341. The molecule has 0 unspecified atom stereocenters. The number of hydrogen-bond donors (Lipinski definition) is 3. The van der Waals surface area contributed by atoms with Crippen LogP contribution in [0.3, 0.4) is 0 Å². The quantitative estimate of drug-likeness (QED) is 0.716. The van der Waals surface area contributed by atoms with Gasteiger partial charge in [0.15, 0.2) is 0 Å². The van der Waals surface area contributed by atoms with E-state index in [1.165, 1.54) is 0 Å². The molecule has 76 valence electrons. The molecule has 0 bridgehead atoms. The topological polar surface area (TPSA) is 69.6 Å². The predicted octanol–water partition coefficient (Wildman–Crippen LogP) is 1.44. The second kappa shape index (κ2) is 4.97. The Balaban J connectivity index is 2.96. The number of anilines is 1. The van der Waals surface area contributed by atoms with E-state index in [1.807, 2.05) is 0 Å². The zero-order valence-corrected chi connectivity index (χ0v) is 8.91. The highest BCUT2D eigenvalue weighted by Crippen LogP contribution is 2.21. The summed E-state index contributed by atoms with van der Waals surface area (Å²) in [5, 5.41) is 20.0. The van der Waals surface area contributed by atoms with Gasteiger partial charge in [0.1, 0.15) is 6.73 Å². The van der Waals surface area contributed by atoms with Gasteiger partial charge in [0.25, 0.3) is 0 Å². The third kappa shape index (κ3) is 3.01. The molecule has 0 aromatic heterocycles. The number of aliphatic hydroxyl groups is 1. The van der Waals surface area contributed by atoms with Crippen molar-refractivity contribution in [1.82, 2.24) is 0 Å². The van der Waals surface area contributed by atoms with Gasteiger partial charge in [-0.05, 0) is 23.8 Å². The molecule has 1 rings (SSSR count). The lowest BCUT2D eigenvalue weighted by molar-refractivity contribution is -0.136. The summed E-state index contributed by atoms with van der Waals surface area (Å²) in [6.07, 6.45) is -0.0677. The average Bonchev–Trinajstić information content (AvgIpc) is 2.09. The highest BCUT2D eigenvalue weighted by molar-refractivity contribution is 9.10. The highest BCUT2D eigenvalue weighted by atomic mass is 79.9. The van der Waals surface area contributed by atoms with Gasteiger partial charge >= 0.3 is 5.97 Å². The lowest BCUT2D eigenvalue weighted by Gasteiger charge is -2.08. The van der Waals surface area contributed by atoms with Gasteiger partial charge in [0.2, 0.25) is 0 Å². The summed E-state index contributed by atoms with van der Waals surface area (Å²) in [5.41, 5.74) is 1.28. The monoisotopic (exact) mass is 259 g/mol. The molecule has 0 aliphatic rings. The molecule has 0 heterocycles. The van der Waals surface area contributed by atoms with Crippen molar-refractivity contribution in [2.45, 2.75) is 6.42 Å². The van der Waals surface area contributed by atoms with Gasteiger partial charge in [-0.1, -0.05) is 15.9 Å². The number of halogens is 1. The molecule has 14 heavy (non-hydrogen) atoms. The van der Waals surface area contributed by atoms with Gasteiger partial charge in [-0.2, -0.15) is 0 Å². The summed E-state index contributed by atoms with van der Waals surface area (Å²) in [6.45, 7) is -0.214. The number of carbonyl (C=O) groups is 1. The van der Waals surface area contributed by atoms with Crippen LogP contribution in [0.4, 0.5) is 5.69 Å². The van der Waals surface area contributed by atoms with Crippen LogP contribution in [-0.4, -0.2) is 22.9 Å². The average molecular weight is 260 g/mol. The van der Waals surface area contributed by atoms with E-state index in [0.717, 1.165) is 4.47 Å². The first-order valence-electron chi connectivity index (χ1n) is 3.98. The Labute approximate surface area is 89.7 Å². The van der Waals surface area contributed by atoms with Gasteiger partial charge in [0, 0.05) is 10.2 Å². The number of hydrogen-bond acceptors (Lipinski definition) is 3. The Morgan fingerprint density at radius 1 is 1.50 bits per heavy atom. The second-order valence-corrected chi connectivity index (χ2v) is 3.62. The summed E-state index contributed by atoms with van der Waals surface area (Å²) in [5.74, 6) is -0.899. The van der Waals surface area contributed by atoms with Crippen molar-refractivity contribution in [2.24, 2.45) is 0 Å². The summed E-state index contributed by atoms with van der Waals surface area (Å²) in [7, 11) is 0. The van der Waals surface area contributed by atoms with E-state index in [0.29, 0.717) is 11.3 Å². The van der Waals surface area contributed by atoms with Crippen molar-refractivity contribution in [3.8, 4) is 0 Å². The molecular formula is C9H10BrNO3. The molecule has 0 atom stereocenters. The van der Waals surface area contributed by atoms with E-state index in [1.54, 1.807) is 18.2 Å². The van der Waals surface area contributed by atoms with E-state index in [-0.39, 0.29) is 13.2 Å². The zero-order chi connectivity index (χ0) is 10.6. The zero-order valence-electron chi connectivity index (χ0n) is 7.33. The van der Waals surface area contributed by atoms with Crippen molar-refractivity contribution in [1.29, 1.82) is 0 Å². The van der Waals surface area contributed by atoms with Gasteiger partial charge in [-0.15, -0.1) is 0 Å². The largest absolute Gasteiger partial charge is 0.481 e. The van der Waals surface area contributed by atoms with Crippen LogP contribution in [-0.2, 0) is 11.2 Å². The van der Waals surface area contributed by atoms with Crippen LogP contribution in [0.1, 0.15) is 5.56 Å². The van der Waals surface area contributed by atoms with Crippen molar-refractivity contribution in [3.05, 3.63) is 28.2 Å². The summed E-state index contributed by atoms with van der Waals surface area (Å²) >= 11 is 3.25. The molecule has 0 radical (unpaired) electrons. The smallest absolute Gasteiger partial charge is 0.307 e. The molecule has 1 aromatic rings. The Kier molecular flexibility index (Phi) is 3.91. The van der Waals surface area contributed by atoms with Crippen LogP contribution < -0.4 is 5.32 Å². The number of carboxylic acids is 1. The van der Waals surface area contributed by atoms with Gasteiger partial charge in [0.05, 0.1) is 6.42 Å². The molecule has 3 N–H and O–H groups in total. The number of aliphatic carboxylic acids is 1. The van der Waals surface area contributed by atoms with E-state index in [9.17, 15) is 4.79 Å².